The molecule has 1 aliphatic rings. The van der Waals surface area contributed by atoms with Gasteiger partial charge in [0.15, 0.2) is 6.29 Å². The lowest BCUT2D eigenvalue weighted by molar-refractivity contribution is -0.274. The molecule has 1 saturated heterocycles. The predicted octanol–water partition coefficient (Wildman–Crippen LogP) is 4.63. The molecule has 0 saturated carbocycles. The Balaban J connectivity index is 0.000000558. The summed E-state index contributed by atoms with van der Waals surface area (Å²) in [5, 5.41) is 24.6. The Morgan fingerprint density at radius 1 is 1.31 bits per heavy atom. The van der Waals surface area contributed by atoms with E-state index in [1.54, 1.807) is 6.92 Å². The van der Waals surface area contributed by atoms with Crippen LogP contribution in [0.2, 0.25) is 0 Å². The van der Waals surface area contributed by atoms with Crippen LogP contribution in [0, 0.1) is 11.2 Å². The number of nitrogens with one attached hydrogen (secondary N) is 3. The Morgan fingerprint density at radius 2 is 1.94 bits per heavy atom. The van der Waals surface area contributed by atoms with Gasteiger partial charge in [-0.3, -0.25) is 15.2 Å². The second-order valence-electron chi connectivity index (χ2n) is 9.17. The van der Waals surface area contributed by atoms with Crippen LogP contribution >= 0.6 is 11.8 Å². The van der Waals surface area contributed by atoms with Crippen LogP contribution in [0.15, 0.2) is 30.5 Å². The van der Waals surface area contributed by atoms with Crippen molar-refractivity contribution in [3.05, 3.63) is 53.1 Å². The molecule has 1 fully saturated rings. The Kier molecular flexibility index (Phi) is 9.49. The summed E-state index contributed by atoms with van der Waals surface area (Å²) in [5.74, 6) is 0.919. The first-order chi connectivity index (χ1) is 16.6. The van der Waals surface area contributed by atoms with E-state index < -0.39 is 40.8 Å². The normalized spacial score (nSPS) is 15.6. The number of anilines is 1. The molecular formula is C24H30F4N4O3S. The average Bonchev–Trinajstić information content (AvgIpc) is 2.77. The number of pyridine rings is 1. The number of rotatable bonds is 8. The molecule has 0 aliphatic carbocycles. The molecule has 1 atom stereocenters. The maximum atomic E-state index is 14.2. The Hall–Kier alpha value is -2.70. The van der Waals surface area contributed by atoms with Crippen molar-refractivity contribution in [2.24, 2.45) is 0 Å². The predicted molar refractivity (Wildman–Crippen MR) is 133 cm³/mol. The van der Waals surface area contributed by atoms with Crippen molar-refractivity contribution < 1.29 is 32.2 Å². The summed E-state index contributed by atoms with van der Waals surface area (Å²) in [6, 6.07) is 3.06. The Labute approximate surface area is 211 Å². The molecule has 1 aromatic heterocycles. The standard InChI is InChI=1S/C19H19F4N3O3.C5H11NS/c1-10(18(2,3)28)26-15-6-11(9-27)8-25-17(15)16(24)13-7-12(4-5-14(13)20)29-19(21,22)23;1-5(6-2)3-7-4-5/h4-10,24,26,28H,1-3H3;6H,3-4H2,1-2H3. The smallest absolute Gasteiger partial charge is 0.406 e. The van der Waals surface area contributed by atoms with E-state index in [0.717, 1.165) is 24.4 Å². The third kappa shape index (κ3) is 8.17. The number of carbonyl (C=O) groups is 1. The quantitative estimate of drug-likeness (QED) is 0.224. The summed E-state index contributed by atoms with van der Waals surface area (Å²) >= 11 is 2.01. The van der Waals surface area contributed by atoms with Crippen molar-refractivity contribution in [1.82, 2.24) is 10.3 Å². The summed E-state index contributed by atoms with van der Waals surface area (Å²) in [7, 11) is 2.03. The van der Waals surface area contributed by atoms with Crippen molar-refractivity contribution in [2.45, 2.75) is 51.2 Å². The zero-order valence-electron chi connectivity index (χ0n) is 20.6. The van der Waals surface area contributed by atoms with Crippen molar-refractivity contribution in [3.63, 3.8) is 0 Å². The summed E-state index contributed by atoms with van der Waals surface area (Å²) in [4.78, 5) is 15.0. The summed E-state index contributed by atoms with van der Waals surface area (Å²) in [5.41, 5.74) is -1.55. The molecule has 2 aromatic rings. The number of ether oxygens (including phenoxy) is 1. The summed E-state index contributed by atoms with van der Waals surface area (Å²) < 4.78 is 55.4. The fraction of sp³-hybridized carbons (Fsp3) is 0.458. The fourth-order valence-corrected chi connectivity index (χ4v) is 3.94. The zero-order valence-corrected chi connectivity index (χ0v) is 21.4. The number of carbonyl (C=O) groups excluding carboxylic acids is 1. The van der Waals surface area contributed by atoms with Crippen LogP contribution in [0.5, 0.6) is 5.75 Å². The molecular weight excluding hydrogens is 500 g/mol. The molecule has 7 nitrogen and oxygen atoms in total. The van der Waals surface area contributed by atoms with Gasteiger partial charge in [0.25, 0.3) is 0 Å². The van der Waals surface area contributed by atoms with Gasteiger partial charge in [-0.25, -0.2) is 4.39 Å². The second kappa shape index (κ2) is 11.6. The molecule has 2 heterocycles. The number of aldehydes is 1. The third-order valence-electron chi connectivity index (χ3n) is 5.60. The molecule has 36 heavy (non-hydrogen) atoms. The highest BCUT2D eigenvalue weighted by Crippen LogP contribution is 2.29. The number of aromatic nitrogens is 1. The van der Waals surface area contributed by atoms with Crippen LogP contribution in [0.3, 0.4) is 0 Å². The van der Waals surface area contributed by atoms with Crippen molar-refractivity contribution in [3.8, 4) is 5.75 Å². The monoisotopic (exact) mass is 530 g/mol. The number of nitrogens with zero attached hydrogens (tertiary/aromatic N) is 1. The molecule has 4 N–H and O–H groups in total. The van der Waals surface area contributed by atoms with Crippen LogP contribution in [0.1, 0.15) is 49.3 Å². The van der Waals surface area contributed by atoms with E-state index in [1.165, 1.54) is 31.4 Å². The zero-order chi connectivity index (χ0) is 27.3. The molecule has 0 amide bonds. The number of halogens is 4. The van der Waals surface area contributed by atoms with Gasteiger partial charge in [-0.1, -0.05) is 0 Å². The van der Waals surface area contributed by atoms with Gasteiger partial charge in [-0.15, -0.1) is 13.2 Å². The number of thioether (sulfide) groups is 1. The fourth-order valence-electron chi connectivity index (χ4n) is 2.84. The first-order valence-corrected chi connectivity index (χ1v) is 12.1. The molecule has 3 rings (SSSR count). The molecule has 198 valence electrons. The van der Waals surface area contributed by atoms with Gasteiger partial charge in [0.05, 0.1) is 23.0 Å². The van der Waals surface area contributed by atoms with Gasteiger partial charge in [-0.2, -0.15) is 11.8 Å². The SMILES string of the molecule is CC(Nc1cc(C=O)cnc1C(=N)c1cc(OC(F)(F)F)ccc1F)C(C)(C)O.CNC1(C)CSC1. The molecule has 1 aliphatic heterocycles. The van der Waals surface area contributed by atoms with E-state index >= 15 is 0 Å². The largest absolute Gasteiger partial charge is 0.573 e. The lowest BCUT2D eigenvalue weighted by Crippen LogP contribution is -2.51. The number of aliphatic hydroxyl groups is 1. The summed E-state index contributed by atoms with van der Waals surface area (Å²) in [6.45, 7) is 6.96. The molecule has 1 aromatic carbocycles. The van der Waals surface area contributed by atoms with E-state index in [0.29, 0.717) is 11.8 Å². The Morgan fingerprint density at radius 3 is 2.39 bits per heavy atom. The van der Waals surface area contributed by atoms with Gasteiger partial charge < -0.3 is 20.5 Å². The van der Waals surface area contributed by atoms with E-state index in [9.17, 15) is 27.5 Å². The van der Waals surface area contributed by atoms with Gasteiger partial charge in [0.2, 0.25) is 0 Å². The lowest BCUT2D eigenvalue weighted by atomic mass is 9.99. The lowest BCUT2D eigenvalue weighted by Gasteiger charge is -2.37. The molecule has 12 heteroatoms. The first kappa shape index (κ1) is 29.5. The average molecular weight is 531 g/mol. The van der Waals surface area contributed by atoms with E-state index in [-0.39, 0.29) is 16.9 Å². The first-order valence-electron chi connectivity index (χ1n) is 10.9. The van der Waals surface area contributed by atoms with Crippen LogP contribution in [0.4, 0.5) is 23.2 Å². The minimum Gasteiger partial charge on any atom is -0.406 e. The highest BCUT2D eigenvalue weighted by atomic mass is 32.2. The Bertz CT molecular complexity index is 1080. The molecule has 0 radical (unpaired) electrons. The van der Waals surface area contributed by atoms with E-state index in [4.69, 9.17) is 5.41 Å². The van der Waals surface area contributed by atoms with Crippen LogP contribution in [-0.4, -0.2) is 64.2 Å². The molecule has 0 bridgehead atoms. The summed E-state index contributed by atoms with van der Waals surface area (Å²) in [6.07, 6.45) is -3.32. The van der Waals surface area contributed by atoms with Crippen molar-refractivity contribution in [2.75, 3.05) is 23.9 Å². The van der Waals surface area contributed by atoms with Gasteiger partial charge >= 0.3 is 6.36 Å². The minimum absolute atomic E-state index is 0.116. The van der Waals surface area contributed by atoms with Crippen LogP contribution in [-0.2, 0) is 0 Å². The van der Waals surface area contributed by atoms with Gasteiger partial charge in [-0.05, 0) is 59.0 Å². The maximum absolute atomic E-state index is 14.2. The van der Waals surface area contributed by atoms with Gasteiger partial charge in [0, 0.05) is 34.4 Å². The molecule has 0 spiro atoms. The maximum Gasteiger partial charge on any atom is 0.573 e. The highest BCUT2D eigenvalue weighted by Gasteiger charge is 2.32. The van der Waals surface area contributed by atoms with E-state index in [1.807, 2.05) is 18.8 Å². The second-order valence-corrected chi connectivity index (χ2v) is 10.2. The van der Waals surface area contributed by atoms with Crippen molar-refractivity contribution in [1.29, 1.82) is 5.41 Å². The van der Waals surface area contributed by atoms with Crippen molar-refractivity contribution >= 4 is 29.4 Å². The van der Waals surface area contributed by atoms with Crippen LogP contribution < -0.4 is 15.4 Å². The molecule has 1 unspecified atom stereocenters. The van der Waals surface area contributed by atoms with Crippen LogP contribution in [0.25, 0.3) is 0 Å². The topological polar surface area (TPSA) is 107 Å². The highest BCUT2D eigenvalue weighted by molar-refractivity contribution is 8.00. The van der Waals surface area contributed by atoms with Gasteiger partial charge in [0.1, 0.15) is 17.3 Å². The number of hydrogen-bond acceptors (Lipinski definition) is 8. The minimum atomic E-state index is -4.98. The third-order valence-corrected chi connectivity index (χ3v) is 7.28. The number of benzene rings is 1. The van der Waals surface area contributed by atoms with E-state index in [2.05, 4.69) is 27.3 Å². The number of alkyl halides is 3. The number of hydrogen-bond donors (Lipinski definition) is 4.